The number of rotatable bonds is 7. The number of alkyl carbamates (subject to hydrolysis) is 1. The second kappa shape index (κ2) is 9.20. The Morgan fingerprint density at radius 2 is 1.55 bits per heavy atom. The molecule has 0 saturated heterocycles. The van der Waals surface area contributed by atoms with Crippen molar-refractivity contribution in [3.63, 3.8) is 0 Å². The van der Waals surface area contributed by atoms with Crippen molar-refractivity contribution in [1.82, 2.24) is 5.32 Å². The lowest BCUT2D eigenvalue weighted by molar-refractivity contribution is -0.116. The van der Waals surface area contributed by atoms with Crippen LogP contribution in [0.2, 0.25) is 0 Å². The molecule has 6 rings (SSSR count). The maximum Gasteiger partial charge on any atom is 0.407 e. The highest BCUT2D eigenvalue weighted by Crippen LogP contribution is 2.60. The molecule has 4 fully saturated rings. The van der Waals surface area contributed by atoms with E-state index in [1.165, 1.54) is 44.1 Å². The van der Waals surface area contributed by atoms with Crippen LogP contribution in [0, 0.1) is 17.8 Å². The molecule has 5 heteroatoms. The largest absolute Gasteiger partial charge is 0.450 e. The van der Waals surface area contributed by atoms with E-state index >= 15 is 0 Å². The van der Waals surface area contributed by atoms with Crippen LogP contribution in [-0.4, -0.2) is 18.6 Å². The first-order valence-corrected chi connectivity index (χ1v) is 12.4. The highest BCUT2D eigenvalue weighted by Gasteiger charge is 2.51. The number of hydrogen-bond donors (Lipinski definition) is 2. The quantitative estimate of drug-likeness (QED) is 0.551. The summed E-state index contributed by atoms with van der Waals surface area (Å²) in [6, 6.07) is 17.6. The van der Waals surface area contributed by atoms with E-state index < -0.39 is 12.1 Å². The first-order chi connectivity index (χ1) is 16.0. The van der Waals surface area contributed by atoms with E-state index in [2.05, 4.69) is 22.8 Å². The van der Waals surface area contributed by atoms with Gasteiger partial charge in [0.05, 0.1) is 19.1 Å². The van der Waals surface area contributed by atoms with Crippen LogP contribution in [0.25, 0.3) is 0 Å². The van der Waals surface area contributed by atoms with E-state index in [1.54, 1.807) is 6.92 Å². The zero-order chi connectivity index (χ0) is 22.8. The van der Waals surface area contributed by atoms with Gasteiger partial charge < -0.3 is 15.4 Å². The molecule has 33 heavy (non-hydrogen) atoms. The highest BCUT2D eigenvalue weighted by atomic mass is 16.5. The lowest BCUT2D eigenvalue weighted by Gasteiger charge is -2.57. The van der Waals surface area contributed by atoms with Crippen LogP contribution in [0.3, 0.4) is 0 Å². The van der Waals surface area contributed by atoms with Crippen molar-refractivity contribution in [3.8, 4) is 0 Å². The third-order valence-corrected chi connectivity index (χ3v) is 7.98. The van der Waals surface area contributed by atoms with Crippen molar-refractivity contribution >= 4 is 17.7 Å². The summed E-state index contributed by atoms with van der Waals surface area (Å²) in [6.45, 7) is 2.05. The zero-order valence-corrected chi connectivity index (χ0v) is 19.4. The Labute approximate surface area is 196 Å². The molecule has 4 aliphatic carbocycles. The molecule has 2 aromatic rings. The summed E-state index contributed by atoms with van der Waals surface area (Å²) in [5.41, 5.74) is 3.49. The Kier molecular flexibility index (Phi) is 6.13. The van der Waals surface area contributed by atoms with Gasteiger partial charge in [0.15, 0.2) is 0 Å². The summed E-state index contributed by atoms with van der Waals surface area (Å²) in [4.78, 5) is 24.8. The summed E-state index contributed by atoms with van der Waals surface area (Å²) in [5.74, 6) is 2.61. The van der Waals surface area contributed by atoms with E-state index in [0.717, 1.165) is 29.0 Å². The Balaban J connectivity index is 1.24. The Bertz CT molecular complexity index is 951. The first kappa shape index (κ1) is 22.0. The Morgan fingerprint density at radius 1 is 0.939 bits per heavy atom. The van der Waals surface area contributed by atoms with Gasteiger partial charge in [0.2, 0.25) is 5.91 Å². The summed E-state index contributed by atoms with van der Waals surface area (Å²) >= 11 is 0. The predicted octanol–water partition coefficient (Wildman–Crippen LogP) is 5.97. The lowest BCUT2D eigenvalue weighted by Crippen LogP contribution is -2.48. The fraction of sp³-hybridized carbons (Fsp3) is 0.500. The minimum absolute atomic E-state index is 0.136. The summed E-state index contributed by atoms with van der Waals surface area (Å²) in [7, 11) is 0. The molecular weight excluding hydrogens is 412 g/mol. The molecule has 1 unspecified atom stereocenters. The topological polar surface area (TPSA) is 67.4 Å². The van der Waals surface area contributed by atoms with E-state index in [1.807, 2.05) is 42.5 Å². The molecule has 1 atom stereocenters. The standard InChI is InChI=1S/C28H34N2O3/c1-2-33-27(32)30-25(22-6-4-3-5-7-22)15-26(31)29-24-10-8-23(9-11-24)28-16-19-12-20(17-28)14-21(13-19)18-28/h3-11,19-21,25H,2,12-18H2,1H3,(H,29,31)(H,30,32). The van der Waals surface area contributed by atoms with E-state index in [9.17, 15) is 9.59 Å². The van der Waals surface area contributed by atoms with Crippen LogP contribution in [0.1, 0.15) is 69.0 Å². The maximum atomic E-state index is 12.8. The Hall–Kier alpha value is -2.82. The smallest absolute Gasteiger partial charge is 0.407 e. The van der Waals surface area contributed by atoms with Crippen molar-refractivity contribution in [2.24, 2.45) is 17.8 Å². The van der Waals surface area contributed by atoms with Crippen molar-refractivity contribution in [3.05, 3.63) is 65.7 Å². The molecule has 2 amide bonds. The number of amides is 2. The van der Waals surface area contributed by atoms with Gasteiger partial charge in [-0.05, 0) is 91.9 Å². The first-order valence-electron chi connectivity index (χ1n) is 12.4. The molecule has 0 radical (unpaired) electrons. The van der Waals surface area contributed by atoms with Crippen molar-refractivity contribution in [2.45, 2.75) is 63.3 Å². The third-order valence-electron chi connectivity index (χ3n) is 7.98. The second-order valence-corrected chi connectivity index (χ2v) is 10.4. The van der Waals surface area contributed by atoms with Gasteiger partial charge in [0.25, 0.3) is 0 Å². The van der Waals surface area contributed by atoms with E-state index in [0.29, 0.717) is 5.41 Å². The van der Waals surface area contributed by atoms with E-state index in [-0.39, 0.29) is 18.9 Å². The molecule has 0 aliphatic heterocycles. The molecule has 4 saturated carbocycles. The van der Waals surface area contributed by atoms with E-state index in [4.69, 9.17) is 4.74 Å². The van der Waals surface area contributed by atoms with Crippen molar-refractivity contribution < 1.29 is 14.3 Å². The summed E-state index contributed by atoms with van der Waals surface area (Å²) in [6.07, 6.45) is 7.95. The van der Waals surface area contributed by atoms with Crippen LogP contribution in [0.4, 0.5) is 10.5 Å². The number of carbonyl (C=O) groups excluding carboxylic acids is 2. The molecule has 0 spiro atoms. The summed E-state index contributed by atoms with van der Waals surface area (Å²) < 4.78 is 5.03. The lowest BCUT2D eigenvalue weighted by atomic mass is 9.48. The molecule has 174 valence electrons. The fourth-order valence-electron chi connectivity index (χ4n) is 7.02. The van der Waals surface area contributed by atoms with Gasteiger partial charge >= 0.3 is 6.09 Å². The minimum Gasteiger partial charge on any atom is -0.450 e. The number of benzene rings is 2. The molecule has 4 bridgehead atoms. The van der Waals surface area contributed by atoms with Gasteiger partial charge in [-0.3, -0.25) is 4.79 Å². The third kappa shape index (κ3) is 4.78. The van der Waals surface area contributed by atoms with Gasteiger partial charge in [0.1, 0.15) is 0 Å². The molecule has 5 nitrogen and oxygen atoms in total. The molecule has 4 aliphatic rings. The number of anilines is 1. The predicted molar refractivity (Wildman–Crippen MR) is 129 cm³/mol. The van der Waals surface area contributed by atoms with Crippen LogP contribution in [0.5, 0.6) is 0 Å². The van der Waals surface area contributed by atoms with Crippen molar-refractivity contribution in [1.29, 1.82) is 0 Å². The number of nitrogens with one attached hydrogen (secondary N) is 2. The van der Waals surface area contributed by atoms with Crippen LogP contribution in [0.15, 0.2) is 54.6 Å². The van der Waals surface area contributed by atoms with Crippen LogP contribution < -0.4 is 10.6 Å². The number of ether oxygens (including phenoxy) is 1. The van der Waals surface area contributed by atoms with Crippen molar-refractivity contribution in [2.75, 3.05) is 11.9 Å². The maximum absolute atomic E-state index is 12.8. The molecule has 2 aromatic carbocycles. The van der Waals surface area contributed by atoms with Gasteiger partial charge in [-0.2, -0.15) is 0 Å². The van der Waals surface area contributed by atoms with Crippen LogP contribution >= 0.6 is 0 Å². The monoisotopic (exact) mass is 446 g/mol. The average Bonchev–Trinajstić information content (AvgIpc) is 2.79. The SMILES string of the molecule is CCOC(=O)NC(CC(=O)Nc1ccc(C23CC4CC(CC(C4)C2)C3)cc1)c1ccccc1. The second-order valence-electron chi connectivity index (χ2n) is 10.4. The van der Waals surface area contributed by atoms with Gasteiger partial charge in [-0.1, -0.05) is 42.5 Å². The van der Waals surface area contributed by atoms with Gasteiger partial charge in [-0.15, -0.1) is 0 Å². The van der Waals surface area contributed by atoms with Gasteiger partial charge in [-0.25, -0.2) is 4.79 Å². The molecule has 0 aromatic heterocycles. The molecule has 2 N–H and O–H groups in total. The average molecular weight is 447 g/mol. The highest BCUT2D eigenvalue weighted by molar-refractivity contribution is 5.91. The van der Waals surface area contributed by atoms with Crippen LogP contribution in [-0.2, 0) is 14.9 Å². The zero-order valence-electron chi connectivity index (χ0n) is 19.4. The Morgan fingerprint density at radius 3 is 2.12 bits per heavy atom. The molecule has 0 heterocycles. The minimum atomic E-state index is -0.515. The normalized spacial score (nSPS) is 28.2. The number of hydrogen-bond acceptors (Lipinski definition) is 3. The molecular formula is C28H34N2O3. The summed E-state index contributed by atoms with van der Waals surface area (Å²) in [5, 5.41) is 5.83. The number of carbonyl (C=O) groups is 2. The van der Waals surface area contributed by atoms with Gasteiger partial charge in [0, 0.05) is 5.69 Å². The fourth-order valence-corrected chi connectivity index (χ4v) is 7.02.